The molecule has 0 saturated carbocycles. The number of carboxylic acids is 1. The van der Waals surface area contributed by atoms with Crippen LogP contribution in [0.4, 0.5) is 18.9 Å². The number of rotatable bonds is 2. The molecule has 1 aromatic rings. The van der Waals surface area contributed by atoms with Crippen molar-refractivity contribution in [2.75, 3.05) is 5.32 Å². The predicted molar refractivity (Wildman–Crippen MR) is 59.1 cm³/mol. The van der Waals surface area contributed by atoms with E-state index >= 15 is 0 Å². The highest BCUT2D eigenvalue weighted by Crippen LogP contribution is 2.33. The summed E-state index contributed by atoms with van der Waals surface area (Å²) in [5.74, 6) is -1.32. The fourth-order valence-corrected chi connectivity index (χ4v) is 1.89. The highest BCUT2D eigenvalue weighted by atomic mass is 19.4. The van der Waals surface area contributed by atoms with Crippen LogP contribution in [0.25, 0.3) is 0 Å². The zero-order chi connectivity index (χ0) is 13.3. The summed E-state index contributed by atoms with van der Waals surface area (Å²) in [6.45, 7) is 0. The van der Waals surface area contributed by atoms with E-state index in [-0.39, 0.29) is 17.7 Å². The second kappa shape index (κ2) is 4.36. The van der Waals surface area contributed by atoms with Crippen molar-refractivity contribution in [3.05, 3.63) is 41.1 Å². The van der Waals surface area contributed by atoms with Crippen molar-refractivity contribution in [1.29, 1.82) is 0 Å². The number of benzene rings is 1. The van der Waals surface area contributed by atoms with Gasteiger partial charge >= 0.3 is 12.1 Å². The molecule has 0 aromatic heterocycles. The summed E-state index contributed by atoms with van der Waals surface area (Å²) in [4.78, 5) is 11.0. The molecular weight excluding hydrogens is 247 g/mol. The van der Waals surface area contributed by atoms with E-state index in [9.17, 15) is 18.0 Å². The van der Waals surface area contributed by atoms with Crippen molar-refractivity contribution in [3.8, 4) is 0 Å². The van der Waals surface area contributed by atoms with Crippen LogP contribution in [0.1, 0.15) is 12.0 Å². The van der Waals surface area contributed by atoms with E-state index in [4.69, 9.17) is 5.11 Å². The Bertz CT molecular complexity index is 520. The molecule has 0 spiro atoms. The predicted octanol–water partition coefficient (Wildman–Crippen LogP) is 2.95. The fraction of sp³-hybridized carbons (Fsp3) is 0.250. The van der Waals surface area contributed by atoms with Gasteiger partial charge in [-0.2, -0.15) is 13.2 Å². The van der Waals surface area contributed by atoms with Crippen molar-refractivity contribution in [3.63, 3.8) is 0 Å². The number of allylic oxidation sites excluding steroid dienone is 1. The molecule has 18 heavy (non-hydrogen) atoms. The van der Waals surface area contributed by atoms with Gasteiger partial charge in [-0.1, -0.05) is 18.2 Å². The number of fused-ring (bicyclic) bond motifs is 1. The Labute approximate surface area is 101 Å². The van der Waals surface area contributed by atoms with Crippen molar-refractivity contribution in [1.82, 2.24) is 0 Å². The number of hydrogen-bond donors (Lipinski definition) is 2. The van der Waals surface area contributed by atoms with Crippen LogP contribution in [0.3, 0.4) is 0 Å². The summed E-state index contributed by atoms with van der Waals surface area (Å²) < 4.78 is 37.2. The van der Waals surface area contributed by atoms with Crippen LogP contribution in [0, 0.1) is 0 Å². The third-order valence-corrected chi connectivity index (χ3v) is 2.67. The van der Waals surface area contributed by atoms with E-state index in [0.29, 0.717) is 11.3 Å². The van der Waals surface area contributed by atoms with Gasteiger partial charge in [-0.05, 0) is 11.6 Å². The number of carbonyl (C=O) groups is 1. The van der Waals surface area contributed by atoms with Crippen molar-refractivity contribution in [2.45, 2.75) is 19.0 Å². The molecule has 0 atom stereocenters. The molecule has 2 rings (SSSR count). The summed E-state index contributed by atoms with van der Waals surface area (Å²) in [6, 6.07) is 6.72. The molecule has 0 fully saturated rings. The average molecular weight is 257 g/mol. The van der Waals surface area contributed by atoms with E-state index < -0.39 is 18.6 Å². The summed E-state index contributed by atoms with van der Waals surface area (Å²) in [5, 5.41) is 11.5. The molecule has 1 aliphatic heterocycles. The topological polar surface area (TPSA) is 49.3 Å². The smallest absolute Gasteiger partial charge is 0.394 e. The van der Waals surface area contributed by atoms with Crippen LogP contribution in [0.2, 0.25) is 0 Å². The molecule has 0 amide bonds. The molecular formula is C12H10F3NO2. The van der Waals surface area contributed by atoms with Gasteiger partial charge in [0.2, 0.25) is 0 Å². The number of anilines is 1. The van der Waals surface area contributed by atoms with E-state index in [1.54, 1.807) is 24.3 Å². The average Bonchev–Trinajstić information content (AvgIpc) is 2.25. The second-order valence-electron chi connectivity index (χ2n) is 4.01. The van der Waals surface area contributed by atoms with Gasteiger partial charge in [-0.3, -0.25) is 0 Å². The van der Waals surface area contributed by atoms with Gasteiger partial charge in [0.15, 0.2) is 0 Å². The fourth-order valence-electron chi connectivity index (χ4n) is 1.89. The van der Waals surface area contributed by atoms with Crippen LogP contribution < -0.4 is 5.32 Å². The molecule has 96 valence electrons. The summed E-state index contributed by atoms with van der Waals surface area (Å²) in [6.07, 6.45) is -5.69. The molecule has 0 aliphatic carbocycles. The number of carboxylic acid groups (broad SMARTS) is 1. The summed E-state index contributed by atoms with van der Waals surface area (Å²) in [5.41, 5.74) is 0.697. The Morgan fingerprint density at radius 1 is 1.33 bits per heavy atom. The number of halogens is 3. The molecule has 0 radical (unpaired) electrons. The highest BCUT2D eigenvalue weighted by Gasteiger charge is 2.33. The lowest BCUT2D eigenvalue weighted by Crippen LogP contribution is -2.22. The minimum atomic E-state index is -4.44. The van der Waals surface area contributed by atoms with E-state index in [0.717, 1.165) is 0 Å². The SMILES string of the molecule is O=C(O)C1=C(CC(F)(F)F)Nc2ccccc2C1. The minimum Gasteiger partial charge on any atom is -0.478 e. The molecule has 1 heterocycles. The van der Waals surface area contributed by atoms with Gasteiger partial charge in [-0.25, -0.2) is 4.79 Å². The van der Waals surface area contributed by atoms with Crippen LogP contribution in [-0.4, -0.2) is 17.3 Å². The van der Waals surface area contributed by atoms with Crippen LogP contribution in [0.5, 0.6) is 0 Å². The largest absolute Gasteiger partial charge is 0.478 e. The quantitative estimate of drug-likeness (QED) is 0.856. The standard InChI is InChI=1S/C12H10F3NO2/c13-12(14,15)6-10-8(11(17)18)5-7-3-1-2-4-9(7)16-10/h1-4,16H,5-6H2,(H,17,18). The van der Waals surface area contributed by atoms with Gasteiger partial charge in [0, 0.05) is 17.8 Å². The van der Waals surface area contributed by atoms with Gasteiger partial charge in [0.25, 0.3) is 0 Å². The van der Waals surface area contributed by atoms with E-state index in [1.807, 2.05) is 0 Å². The van der Waals surface area contributed by atoms with Crippen LogP contribution >= 0.6 is 0 Å². The first-order valence-electron chi connectivity index (χ1n) is 5.24. The lowest BCUT2D eigenvalue weighted by Gasteiger charge is -2.23. The minimum absolute atomic E-state index is 0.00389. The number of para-hydroxylation sites is 1. The molecule has 3 nitrogen and oxygen atoms in total. The Kier molecular flexibility index (Phi) is 3.02. The van der Waals surface area contributed by atoms with Crippen molar-refractivity contribution in [2.24, 2.45) is 0 Å². The monoisotopic (exact) mass is 257 g/mol. The molecule has 1 aliphatic rings. The number of aliphatic carboxylic acids is 1. The van der Waals surface area contributed by atoms with E-state index in [1.165, 1.54) is 0 Å². The second-order valence-corrected chi connectivity index (χ2v) is 4.01. The third-order valence-electron chi connectivity index (χ3n) is 2.67. The maximum atomic E-state index is 12.4. The molecule has 6 heteroatoms. The Hall–Kier alpha value is -1.98. The first-order valence-corrected chi connectivity index (χ1v) is 5.24. The molecule has 0 saturated heterocycles. The maximum absolute atomic E-state index is 12.4. The molecule has 1 aromatic carbocycles. The summed E-state index contributed by atoms with van der Waals surface area (Å²) >= 11 is 0. The molecule has 2 N–H and O–H groups in total. The lowest BCUT2D eigenvalue weighted by atomic mass is 9.96. The van der Waals surface area contributed by atoms with Gasteiger partial charge in [-0.15, -0.1) is 0 Å². The molecule has 0 bridgehead atoms. The first-order chi connectivity index (χ1) is 8.37. The van der Waals surface area contributed by atoms with Crippen LogP contribution in [0.15, 0.2) is 35.5 Å². The Morgan fingerprint density at radius 3 is 2.61 bits per heavy atom. The van der Waals surface area contributed by atoms with E-state index in [2.05, 4.69) is 5.32 Å². The number of nitrogens with one attached hydrogen (secondary N) is 1. The third kappa shape index (κ3) is 2.64. The van der Waals surface area contributed by atoms with Crippen molar-refractivity contribution < 1.29 is 23.1 Å². The summed E-state index contributed by atoms with van der Waals surface area (Å²) in [7, 11) is 0. The van der Waals surface area contributed by atoms with Crippen molar-refractivity contribution >= 4 is 11.7 Å². The number of hydrogen-bond acceptors (Lipinski definition) is 2. The van der Waals surface area contributed by atoms with Crippen LogP contribution in [-0.2, 0) is 11.2 Å². The van der Waals surface area contributed by atoms with Gasteiger partial charge in [0.1, 0.15) is 0 Å². The Morgan fingerprint density at radius 2 is 2.00 bits per heavy atom. The first kappa shape index (κ1) is 12.5. The Balaban J connectivity index is 2.37. The number of alkyl halides is 3. The normalized spacial score (nSPS) is 15.1. The zero-order valence-electron chi connectivity index (χ0n) is 9.21. The molecule has 0 unspecified atom stereocenters. The van der Waals surface area contributed by atoms with Gasteiger partial charge in [0.05, 0.1) is 12.0 Å². The highest BCUT2D eigenvalue weighted by molar-refractivity contribution is 5.90. The lowest BCUT2D eigenvalue weighted by molar-refractivity contribution is -0.133. The van der Waals surface area contributed by atoms with Gasteiger partial charge < -0.3 is 10.4 Å². The maximum Gasteiger partial charge on any atom is 0.394 e. The zero-order valence-corrected chi connectivity index (χ0v) is 9.21.